The summed E-state index contributed by atoms with van der Waals surface area (Å²) in [7, 11) is 0. The molecule has 0 bridgehead atoms. The number of nitrogens with one attached hydrogen (secondary N) is 3. The Labute approximate surface area is 393 Å². The summed E-state index contributed by atoms with van der Waals surface area (Å²) in [6.45, 7) is 5.81. The van der Waals surface area contributed by atoms with Crippen molar-refractivity contribution in [3.05, 3.63) is 106 Å². The lowest BCUT2D eigenvalue weighted by Crippen LogP contribution is -2.49. The monoisotopic (exact) mass is 946 g/mol. The van der Waals surface area contributed by atoms with Crippen LogP contribution in [0.2, 0.25) is 0 Å². The number of hydrogen-bond acceptors (Lipinski definition) is 11. The normalized spacial score (nSPS) is 20.2. The van der Waals surface area contributed by atoms with Crippen LogP contribution in [-0.4, -0.2) is 128 Å². The van der Waals surface area contributed by atoms with E-state index in [1.165, 1.54) is 27.2 Å². The molecule has 3 aromatic heterocycles. The first-order valence-corrected chi connectivity index (χ1v) is 24.0. The van der Waals surface area contributed by atoms with Crippen LogP contribution in [0.1, 0.15) is 70.5 Å². The summed E-state index contributed by atoms with van der Waals surface area (Å²) in [6.07, 6.45) is 6.18. The number of amides is 5. The molecule has 5 amide bonds. The fourth-order valence-electron chi connectivity index (χ4n) is 10.6. The summed E-state index contributed by atoms with van der Waals surface area (Å²) in [5.74, 6) is -5.23. The molecule has 3 aromatic carbocycles. The number of rotatable bonds is 12. The smallest absolute Gasteiger partial charge is 0.329 e. The van der Waals surface area contributed by atoms with Crippen molar-refractivity contribution in [2.75, 3.05) is 74.0 Å². The van der Waals surface area contributed by atoms with Crippen molar-refractivity contribution in [1.29, 1.82) is 0 Å². The van der Waals surface area contributed by atoms with Crippen molar-refractivity contribution in [3.63, 3.8) is 0 Å². The third-order valence-corrected chi connectivity index (χ3v) is 14.8. The second kappa shape index (κ2) is 17.8. The molecule has 352 valence electrons. The number of alkyl halides is 2. The number of carbonyl (C=O) groups excluding carboxylic acids is 4. The van der Waals surface area contributed by atoms with Gasteiger partial charge in [0.2, 0.25) is 5.91 Å². The van der Waals surface area contributed by atoms with E-state index in [-0.39, 0.29) is 43.1 Å². The summed E-state index contributed by atoms with van der Waals surface area (Å²) in [5, 5.41) is 15.1. The number of piperidine rings is 1. The lowest BCUT2D eigenvalue weighted by Gasteiger charge is -2.39. The van der Waals surface area contributed by atoms with E-state index in [9.17, 15) is 19.2 Å². The van der Waals surface area contributed by atoms with Crippen LogP contribution >= 0.6 is 11.3 Å². The summed E-state index contributed by atoms with van der Waals surface area (Å²) < 4.78 is 49.5. The van der Waals surface area contributed by atoms with E-state index in [4.69, 9.17) is 0 Å². The second-order valence-electron chi connectivity index (χ2n) is 18.2. The second-order valence-corrected chi connectivity index (χ2v) is 19.1. The van der Waals surface area contributed by atoms with E-state index in [0.717, 1.165) is 75.5 Å². The molecule has 8 heterocycles. The number of fused-ring (bicyclic) bond motifs is 3. The molecule has 3 fully saturated rings. The van der Waals surface area contributed by atoms with Crippen LogP contribution in [-0.2, 0) is 29.1 Å². The predicted octanol–water partition coefficient (Wildman–Crippen LogP) is 6.39. The highest BCUT2D eigenvalue weighted by molar-refractivity contribution is 7.13. The van der Waals surface area contributed by atoms with Crippen molar-refractivity contribution in [2.24, 2.45) is 0 Å². The lowest BCUT2D eigenvalue weighted by atomic mass is 9.85. The van der Waals surface area contributed by atoms with Crippen molar-refractivity contribution in [1.82, 2.24) is 44.7 Å². The van der Waals surface area contributed by atoms with E-state index >= 15 is 13.2 Å². The van der Waals surface area contributed by atoms with E-state index in [1.54, 1.807) is 42.2 Å². The van der Waals surface area contributed by atoms with E-state index < -0.39 is 41.5 Å². The Morgan fingerprint density at radius 2 is 1.74 bits per heavy atom. The predicted molar refractivity (Wildman–Crippen MR) is 249 cm³/mol. The van der Waals surface area contributed by atoms with Gasteiger partial charge >= 0.3 is 6.03 Å². The number of anilines is 3. The average molecular weight is 947 g/mol. The number of imide groups is 1. The molecule has 3 N–H and O–H groups in total. The van der Waals surface area contributed by atoms with Crippen molar-refractivity contribution in [3.8, 4) is 11.1 Å². The quantitative estimate of drug-likeness (QED) is 0.125. The highest BCUT2D eigenvalue weighted by atomic mass is 32.1. The Balaban J connectivity index is 0.672. The van der Waals surface area contributed by atoms with Crippen molar-refractivity contribution in [2.45, 2.75) is 63.1 Å². The van der Waals surface area contributed by atoms with Gasteiger partial charge in [0, 0.05) is 85.2 Å². The van der Waals surface area contributed by atoms with Gasteiger partial charge in [-0.2, -0.15) is 5.10 Å². The number of imidazole rings is 1. The Kier molecular flexibility index (Phi) is 11.5. The molecule has 0 spiro atoms. The van der Waals surface area contributed by atoms with E-state index in [0.29, 0.717) is 58.2 Å². The third-order valence-electron chi connectivity index (χ3n) is 14.1. The van der Waals surface area contributed by atoms with Crippen LogP contribution in [0.5, 0.6) is 0 Å². The molecule has 20 heteroatoms. The van der Waals surface area contributed by atoms with Crippen LogP contribution in [0.4, 0.5) is 34.6 Å². The summed E-state index contributed by atoms with van der Waals surface area (Å²) in [4.78, 5) is 70.1. The molecule has 0 radical (unpaired) electrons. The number of H-pyrrole nitrogens is 1. The van der Waals surface area contributed by atoms with Crippen LogP contribution in [0.3, 0.4) is 0 Å². The minimum Gasteiger partial charge on any atom is -0.369 e. The van der Waals surface area contributed by atoms with Gasteiger partial charge in [-0.1, -0.05) is 18.2 Å². The van der Waals surface area contributed by atoms with Gasteiger partial charge < -0.3 is 14.4 Å². The average Bonchev–Trinajstić information content (AvgIpc) is 4.19. The van der Waals surface area contributed by atoms with Gasteiger partial charge in [-0.05, 0) is 98.4 Å². The van der Waals surface area contributed by atoms with Crippen LogP contribution in [0.15, 0.2) is 72.5 Å². The van der Waals surface area contributed by atoms with Gasteiger partial charge in [0.15, 0.2) is 17.0 Å². The molecule has 68 heavy (non-hydrogen) atoms. The van der Waals surface area contributed by atoms with Crippen molar-refractivity contribution < 1.29 is 32.3 Å². The molecule has 11 rings (SSSR count). The first-order valence-electron chi connectivity index (χ1n) is 23.1. The van der Waals surface area contributed by atoms with Crippen LogP contribution < -0.4 is 20.4 Å². The van der Waals surface area contributed by atoms with Crippen molar-refractivity contribution >= 4 is 62.6 Å². The number of piperazine rings is 1. The molecule has 6 aromatic rings. The molecular weight excluding hydrogens is 898 g/mol. The minimum atomic E-state index is -2.93. The molecule has 2 unspecified atom stereocenters. The topological polar surface area (TPSA) is 168 Å². The van der Waals surface area contributed by atoms with E-state index in [1.807, 2.05) is 33.7 Å². The zero-order chi connectivity index (χ0) is 46.7. The number of aromatic amines is 1. The Hall–Kier alpha value is -6.64. The van der Waals surface area contributed by atoms with Gasteiger partial charge in [-0.3, -0.25) is 44.8 Å². The van der Waals surface area contributed by atoms with Crippen LogP contribution in [0.25, 0.3) is 22.0 Å². The molecule has 5 aliphatic heterocycles. The van der Waals surface area contributed by atoms with Gasteiger partial charge in [-0.25, -0.2) is 27.9 Å². The number of halogens is 3. The molecule has 0 saturated carbocycles. The zero-order valence-corrected chi connectivity index (χ0v) is 37.9. The Morgan fingerprint density at radius 1 is 0.912 bits per heavy atom. The summed E-state index contributed by atoms with van der Waals surface area (Å²) in [5.41, 5.74) is 5.34. The standard InChI is InChI=1S/C48H49F3N12O4S/c49-37-24-31(23-34-35(37)26-63(45(34)66)42(44(65)55-46-52-12-22-68-46)41-39-3-1-15-61(39)28-53-41)29-4-7-32(8-5-29)60-20-18-58(19-21-60)13-2-14-59-16-10-36(48(50,51)27-59)30-6-9-33-38(25-30)56-57-43(33)62-17-11-40(64)54-47(62)67/h4-9,12,22-25,28,36,42H,1-3,10-11,13-21,26-27H2,(H,56,57)(H,52,55,65)(H,54,64,67). The fraction of sp³-hybridized carbons (Fsp3) is 0.396. The van der Waals surface area contributed by atoms with Gasteiger partial charge in [0.1, 0.15) is 5.82 Å². The largest absolute Gasteiger partial charge is 0.369 e. The highest BCUT2D eigenvalue weighted by Gasteiger charge is 2.46. The lowest BCUT2D eigenvalue weighted by molar-refractivity contribution is -0.121. The Morgan fingerprint density at radius 3 is 2.51 bits per heavy atom. The molecule has 5 aliphatic rings. The maximum absolute atomic E-state index is 16.0. The maximum atomic E-state index is 16.0. The number of thiazole rings is 1. The molecule has 3 saturated heterocycles. The number of aromatic nitrogens is 5. The maximum Gasteiger partial charge on any atom is 0.329 e. The minimum absolute atomic E-state index is 0.0636. The highest BCUT2D eigenvalue weighted by Crippen LogP contribution is 2.42. The molecule has 0 aliphatic carbocycles. The molecular formula is C48H49F3N12O4S. The summed E-state index contributed by atoms with van der Waals surface area (Å²) in [6, 6.07) is 14.6. The number of nitrogens with zero attached hydrogens (tertiary/aromatic N) is 9. The number of benzene rings is 3. The number of likely N-dealkylation sites (tertiary alicyclic amines) is 1. The van der Waals surface area contributed by atoms with Gasteiger partial charge in [0.05, 0.1) is 36.5 Å². The van der Waals surface area contributed by atoms with Gasteiger partial charge in [0.25, 0.3) is 17.7 Å². The fourth-order valence-corrected chi connectivity index (χ4v) is 11.1. The number of aryl methyl sites for hydroxylation is 1. The SMILES string of the molecule is O=C1CCN(c2n[nH]c3cc(C4CCN(CCCN5CCN(c6ccc(-c7cc(F)c8c(c7)C(=O)N(C(C(=O)Nc7nccs7)c7ncn9c7CCC9)C8)cc6)CC5)CC4(F)F)ccc23)C(=O)N1. The van der Waals surface area contributed by atoms with Gasteiger partial charge in [-0.15, -0.1) is 11.3 Å². The van der Waals surface area contributed by atoms with E-state index in [2.05, 4.69) is 40.6 Å². The first-order chi connectivity index (χ1) is 33.0. The van der Waals surface area contributed by atoms with Crippen LogP contribution in [0, 0.1) is 5.82 Å². The summed E-state index contributed by atoms with van der Waals surface area (Å²) >= 11 is 1.27. The first kappa shape index (κ1) is 43.9. The number of hydrogen-bond donors (Lipinski definition) is 3. The number of carbonyl (C=O) groups is 4. The third kappa shape index (κ3) is 8.27. The number of urea groups is 1. The molecule has 2 atom stereocenters. The Bertz CT molecular complexity index is 2920. The molecule has 16 nitrogen and oxygen atoms in total. The zero-order valence-electron chi connectivity index (χ0n) is 37.1.